The summed E-state index contributed by atoms with van der Waals surface area (Å²) in [4.78, 5) is 16.0. The number of benzene rings is 3. The van der Waals surface area contributed by atoms with Crippen molar-refractivity contribution in [3.8, 4) is 0 Å². The fourth-order valence-corrected chi connectivity index (χ4v) is 3.94. The zero-order chi connectivity index (χ0) is 22.3. The highest BCUT2D eigenvalue weighted by molar-refractivity contribution is 5.52. The van der Waals surface area contributed by atoms with E-state index in [-0.39, 0.29) is 10.6 Å². The average Bonchev–Trinajstić information content (AvgIpc) is 2.85. The van der Waals surface area contributed by atoms with Gasteiger partial charge in [-0.05, 0) is 29.8 Å². The number of hydrogen-bond donors (Lipinski definition) is 2. The van der Waals surface area contributed by atoms with Gasteiger partial charge < -0.3 is 10.4 Å². The molecule has 6 nitrogen and oxygen atoms in total. The van der Waals surface area contributed by atoms with E-state index in [0.29, 0.717) is 16.8 Å². The first-order valence-corrected chi connectivity index (χ1v) is 10.3. The van der Waals surface area contributed by atoms with Gasteiger partial charge in [0.1, 0.15) is 0 Å². The number of hydrogen-bond acceptors (Lipinski definition) is 5. The maximum absolute atomic E-state index is 11.9. The van der Waals surface area contributed by atoms with Gasteiger partial charge in [0.15, 0.2) is 0 Å². The minimum atomic E-state index is -0.952. The highest BCUT2D eigenvalue weighted by Gasteiger charge is 2.36. The van der Waals surface area contributed by atoms with Crippen molar-refractivity contribution in [2.75, 3.05) is 5.32 Å². The van der Waals surface area contributed by atoms with Gasteiger partial charge in [0.05, 0.1) is 28.6 Å². The smallest absolute Gasteiger partial charge is 0.274 e. The second-order valence-electron chi connectivity index (χ2n) is 7.44. The molecule has 0 aliphatic carbocycles. The molecule has 0 fully saturated rings. The van der Waals surface area contributed by atoms with Gasteiger partial charge in [-0.15, -0.1) is 0 Å². The fraction of sp³-hybridized carbons (Fsp3) is 0.115. The Morgan fingerprint density at radius 1 is 0.812 bits per heavy atom. The average molecular weight is 425 g/mol. The molecule has 4 aromatic rings. The zero-order valence-corrected chi connectivity index (χ0v) is 17.3. The van der Waals surface area contributed by atoms with Crippen molar-refractivity contribution >= 4 is 11.4 Å². The number of nitrogens with zero attached hydrogens (tertiary/aromatic N) is 2. The Morgan fingerprint density at radius 2 is 1.44 bits per heavy atom. The third kappa shape index (κ3) is 4.66. The van der Waals surface area contributed by atoms with Gasteiger partial charge >= 0.3 is 0 Å². The molecule has 1 heterocycles. The summed E-state index contributed by atoms with van der Waals surface area (Å²) in [6, 6.07) is 30.3. The van der Waals surface area contributed by atoms with E-state index in [9.17, 15) is 15.2 Å². The summed E-state index contributed by atoms with van der Waals surface area (Å²) in [5, 5.41) is 26.8. The van der Waals surface area contributed by atoms with E-state index in [2.05, 4.69) is 10.3 Å². The Hall–Kier alpha value is -4.03. The first-order valence-electron chi connectivity index (χ1n) is 10.3. The number of para-hydroxylation sites is 2. The number of rotatable bonds is 8. The van der Waals surface area contributed by atoms with Crippen LogP contribution in [-0.4, -0.2) is 15.0 Å². The van der Waals surface area contributed by atoms with Gasteiger partial charge in [0, 0.05) is 23.6 Å². The molecule has 0 aliphatic heterocycles. The van der Waals surface area contributed by atoms with Gasteiger partial charge in [0.2, 0.25) is 0 Å². The molecule has 3 atom stereocenters. The third-order valence-corrected chi connectivity index (χ3v) is 5.43. The van der Waals surface area contributed by atoms with Crippen molar-refractivity contribution in [2.45, 2.75) is 18.1 Å². The Bertz CT molecular complexity index is 1150. The van der Waals surface area contributed by atoms with Crippen LogP contribution in [0.1, 0.15) is 34.9 Å². The fourth-order valence-electron chi connectivity index (χ4n) is 3.94. The number of nitro groups is 1. The lowest BCUT2D eigenvalue weighted by atomic mass is 9.82. The van der Waals surface area contributed by atoms with E-state index >= 15 is 0 Å². The molecule has 6 heteroatoms. The molecule has 160 valence electrons. The van der Waals surface area contributed by atoms with Crippen LogP contribution in [0.5, 0.6) is 0 Å². The summed E-state index contributed by atoms with van der Waals surface area (Å²) in [7, 11) is 0. The summed E-state index contributed by atoms with van der Waals surface area (Å²) < 4.78 is 0. The second kappa shape index (κ2) is 9.85. The minimum Gasteiger partial charge on any atom is -0.388 e. The Balaban J connectivity index is 1.89. The maximum atomic E-state index is 11.9. The zero-order valence-electron chi connectivity index (χ0n) is 17.3. The molecule has 0 aliphatic rings. The number of aromatic nitrogens is 1. The van der Waals surface area contributed by atoms with Crippen molar-refractivity contribution in [3.05, 3.63) is 136 Å². The first kappa shape index (κ1) is 21.2. The van der Waals surface area contributed by atoms with Crippen LogP contribution in [0, 0.1) is 10.1 Å². The Labute approximate surface area is 186 Å². The minimum absolute atomic E-state index is 0.0119. The maximum Gasteiger partial charge on any atom is 0.274 e. The van der Waals surface area contributed by atoms with Crippen LogP contribution in [0.2, 0.25) is 0 Å². The molecule has 0 spiro atoms. The topological polar surface area (TPSA) is 88.3 Å². The van der Waals surface area contributed by atoms with Gasteiger partial charge in [0.25, 0.3) is 5.69 Å². The number of anilines is 1. The molecule has 32 heavy (non-hydrogen) atoms. The van der Waals surface area contributed by atoms with Gasteiger partial charge in [-0.1, -0.05) is 72.8 Å². The summed E-state index contributed by atoms with van der Waals surface area (Å²) in [5.41, 5.74) is 2.60. The van der Waals surface area contributed by atoms with E-state index in [0.717, 1.165) is 5.69 Å². The van der Waals surface area contributed by atoms with E-state index in [1.54, 1.807) is 30.5 Å². The first-order chi connectivity index (χ1) is 15.6. The number of nitro benzene ring substituents is 1. The molecule has 3 aromatic carbocycles. The molecule has 0 unspecified atom stereocenters. The number of aliphatic hydroxyl groups is 1. The molecular weight excluding hydrogens is 402 g/mol. The number of nitrogens with one attached hydrogen (secondary N) is 1. The van der Waals surface area contributed by atoms with E-state index in [1.807, 2.05) is 72.8 Å². The lowest BCUT2D eigenvalue weighted by Gasteiger charge is -2.32. The quantitative estimate of drug-likeness (QED) is 0.281. The number of aliphatic hydroxyl groups excluding tert-OH is 1. The Kier molecular flexibility index (Phi) is 6.53. The normalized spacial score (nSPS) is 13.7. The van der Waals surface area contributed by atoms with E-state index < -0.39 is 18.1 Å². The van der Waals surface area contributed by atoms with Crippen molar-refractivity contribution in [3.63, 3.8) is 0 Å². The molecule has 0 bridgehead atoms. The Morgan fingerprint density at radius 3 is 2.09 bits per heavy atom. The van der Waals surface area contributed by atoms with Gasteiger partial charge in [-0.3, -0.25) is 15.1 Å². The largest absolute Gasteiger partial charge is 0.388 e. The van der Waals surface area contributed by atoms with Crippen LogP contribution in [0.25, 0.3) is 0 Å². The summed E-state index contributed by atoms with van der Waals surface area (Å²) in [5.74, 6) is -0.597. The molecule has 1 aromatic heterocycles. The lowest BCUT2D eigenvalue weighted by Crippen LogP contribution is -2.26. The molecule has 0 saturated carbocycles. The highest BCUT2D eigenvalue weighted by Crippen LogP contribution is 2.44. The SMILES string of the molecule is O=[N+]([O-])c1ccccc1[C@@H](Nc1ccccc1)[C@H](c1ccccn1)[C@@H](O)c1ccccc1. The van der Waals surface area contributed by atoms with Crippen molar-refractivity contribution in [1.29, 1.82) is 0 Å². The van der Waals surface area contributed by atoms with Crippen LogP contribution < -0.4 is 5.32 Å². The van der Waals surface area contributed by atoms with Crippen LogP contribution in [0.3, 0.4) is 0 Å². The number of pyridine rings is 1. The molecule has 0 radical (unpaired) electrons. The van der Waals surface area contributed by atoms with Gasteiger partial charge in [-0.25, -0.2) is 0 Å². The molecular formula is C26H23N3O3. The third-order valence-electron chi connectivity index (χ3n) is 5.43. The summed E-state index contributed by atoms with van der Waals surface area (Å²) in [6.45, 7) is 0. The molecule has 0 saturated heterocycles. The molecule has 0 amide bonds. The van der Waals surface area contributed by atoms with Crippen LogP contribution in [0.4, 0.5) is 11.4 Å². The van der Waals surface area contributed by atoms with Crippen molar-refractivity contribution in [2.24, 2.45) is 0 Å². The van der Waals surface area contributed by atoms with E-state index in [4.69, 9.17) is 0 Å². The van der Waals surface area contributed by atoms with Crippen LogP contribution >= 0.6 is 0 Å². The van der Waals surface area contributed by atoms with Gasteiger partial charge in [-0.2, -0.15) is 0 Å². The highest BCUT2D eigenvalue weighted by atomic mass is 16.6. The summed E-state index contributed by atoms with van der Waals surface area (Å²) in [6.07, 6.45) is 0.714. The van der Waals surface area contributed by atoms with Crippen molar-refractivity contribution < 1.29 is 10.0 Å². The van der Waals surface area contributed by atoms with Crippen LogP contribution in [0.15, 0.2) is 109 Å². The predicted octanol–water partition coefficient (Wildman–Crippen LogP) is 5.66. The monoisotopic (exact) mass is 425 g/mol. The standard InChI is InChI=1S/C26H23N3O3/c30-26(19-11-3-1-4-12-19)24(22-16-9-10-18-27-22)25(28-20-13-5-2-6-14-20)21-15-7-8-17-23(21)29(31)32/h1-18,24-26,28,30H/t24-,25+,26-/m0/s1. The van der Waals surface area contributed by atoms with Crippen LogP contribution in [-0.2, 0) is 0 Å². The lowest BCUT2D eigenvalue weighted by molar-refractivity contribution is -0.385. The second-order valence-corrected chi connectivity index (χ2v) is 7.44. The predicted molar refractivity (Wildman–Crippen MR) is 124 cm³/mol. The van der Waals surface area contributed by atoms with E-state index in [1.165, 1.54) is 6.07 Å². The molecule has 4 rings (SSSR count). The summed E-state index contributed by atoms with van der Waals surface area (Å²) >= 11 is 0. The van der Waals surface area contributed by atoms with Crippen molar-refractivity contribution in [1.82, 2.24) is 4.98 Å². The molecule has 2 N–H and O–H groups in total.